The molecule has 2 rings (SSSR count). The van der Waals surface area contributed by atoms with Crippen LogP contribution >= 0.6 is 0 Å². The molecule has 1 fully saturated rings. The van der Waals surface area contributed by atoms with Crippen molar-refractivity contribution in [3.63, 3.8) is 0 Å². The van der Waals surface area contributed by atoms with Crippen LogP contribution in [0.3, 0.4) is 0 Å². The predicted molar refractivity (Wildman–Crippen MR) is 84.6 cm³/mol. The molecule has 1 aromatic rings. The Morgan fingerprint density at radius 1 is 1.22 bits per heavy atom. The molecule has 1 aliphatic rings. The standard InChI is InChI=1S/C16H21N3O4/c17-14(21)11-4-6-12(7-5-11)18-15(22)16(23)19-9-2-1-3-13(19)8-10-20/h4-7,13,20H,1-3,8-10H2,(H2,17,21)(H,18,22). The van der Waals surface area contributed by atoms with Gasteiger partial charge in [-0.1, -0.05) is 0 Å². The molecular weight excluding hydrogens is 298 g/mol. The van der Waals surface area contributed by atoms with Gasteiger partial charge in [-0.2, -0.15) is 0 Å². The molecule has 4 N–H and O–H groups in total. The molecule has 23 heavy (non-hydrogen) atoms. The average molecular weight is 319 g/mol. The summed E-state index contributed by atoms with van der Waals surface area (Å²) in [5, 5.41) is 11.6. The summed E-state index contributed by atoms with van der Waals surface area (Å²) >= 11 is 0. The number of primary amides is 1. The van der Waals surface area contributed by atoms with Gasteiger partial charge in [0, 0.05) is 30.4 Å². The molecular formula is C16H21N3O4. The first-order valence-electron chi connectivity index (χ1n) is 7.65. The quantitative estimate of drug-likeness (QED) is 0.701. The molecule has 0 bridgehead atoms. The summed E-state index contributed by atoms with van der Waals surface area (Å²) in [6.07, 6.45) is 3.12. The van der Waals surface area contributed by atoms with E-state index in [1.54, 1.807) is 0 Å². The van der Waals surface area contributed by atoms with Crippen LogP contribution in [-0.2, 0) is 9.59 Å². The first-order valence-corrected chi connectivity index (χ1v) is 7.65. The molecule has 0 radical (unpaired) electrons. The monoisotopic (exact) mass is 319 g/mol. The van der Waals surface area contributed by atoms with E-state index in [1.807, 2.05) is 0 Å². The van der Waals surface area contributed by atoms with E-state index in [4.69, 9.17) is 10.8 Å². The van der Waals surface area contributed by atoms with Crippen LogP contribution in [0.25, 0.3) is 0 Å². The number of benzene rings is 1. The lowest BCUT2D eigenvalue weighted by Crippen LogP contribution is -2.48. The smallest absolute Gasteiger partial charge is 0.313 e. The topological polar surface area (TPSA) is 113 Å². The van der Waals surface area contributed by atoms with Gasteiger partial charge >= 0.3 is 11.8 Å². The largest absolute Gasteiger partial charge is 0.396 e. The van der Waals surface area contributed by atoms with E-state index in [2.05, 4.69) is 5.32 Å². The Kier molecular flexibility index (Phi) is 5.70. The lowest BCUT2D eigenvalue weighted by molar-refractivity contribution is -0.146. The van der Waals surface area contributed by atoms with E-state index < -0.39 is 17.7 Å². The van der Waals surface area contributed by atoms with Gasteiger partial charge in [-0.3, -0.25) is 14.4 Å². The van der Waals surface area contributed by atoms with Gasteiger partial charge in [-0.15, -0.1) is 0 Å². The normalized spacial score (nSPS) is 17.6. The number of amides is 3. The molecule has 124 valence electrons. The van der Waals surface area contributed by atoms with Gasteiger partial charge in [0.15, 0.2) is 0 Å². The summed E-state index contributed by atoms with van der Waals surface area (Å²) in [5.41, 5.74) is 5.89. The van der Waals surface area contributed by atoms with Gasteiger partial charge in [0.2, 0.25) is 5.91 Å². The Labute approximate surface area is 134 Å². The molecule has 0 aromatic heterocycles. The number of aliphatic hydroxyl groups excluding tert-OH is 1. The number of anilines is 1. The maximum atomic E-state index is 12.3. The van der Waals surface area contributed by atoms with Crippen LogP contribution < -0.4 is 11.1 Å². The minimum atomic E-state index is -0.721. The number of hydrogen-bond acceptors (Lipinski definition) is 4. The minimum Gasteiger partial charge on any atom is -0.396 e. The number of nitrogens with two attached hydrogens (primary N) is 1. The summed E-state index contributed by atoms with van der Waals surface area (Å²) in [6, 6.07) is 5.92. The van der Waals surface area contributed by atoms with Crippen LogP contribution in [0, 0.1) is 0 Å². The number of nitrogens with one attached hydrogen (secondary N) is 1. The Hall–Kier alpha value is -2.41. The SMILES string of the molecule is NC(=O)c1ccc(NC(=O)C(=O)N2CCCCC2CCO)cc1. The van der Waals surface area contributed by atoms with Crippen molar-refractivity contribution >= 4 is 23.4 Å². The summed E-state index contributed by atoms with van der Waals surface area (Å²) in [7, 11) is 0. The van der Waals surface area contributed by atoms with Crippen molar-refractivity contribution in [3.8, 4) is 0 Å². The zero-order chi connectivity index (χ0) is 16.8. The van der Waals surface area contributed by atoms with E-state index >= 15 is 0 Å². The second-order valence-corrected chi connectivity index (χ2v) is 5.56. The van der Waals surface area contributed by atoms with Crippen molar-refractivity contribution in [1.29, 1.82) is 0 Å². The van der Waals surface area contributed by atoms with Crippen molar-refractivity contribution in [3.05, 3.63) is 29.8 Å². The number of aliphatic hydroxyl groups is 1. The lowest BCUT2D eigenvalue weighted by atomic mass is 9.99. The van der Waals surface area contributed by atoms with Crippen LogP contribution in [0.4, 0.5) is 5.69 Å². The van der Waals surface area contributed by atoms with E-state index in [0.29, 0.717) is 24.2 Å². The van der Waals surface area contributed by atoms with Crippen LogP contribution in [0.1, 0.15) is 36.0 Å². The van der Waals surface area contributed by atoms with Gasteiger partial charge < -0.3 is 21.1 Å². The molecule has 0 spiro atoms. The summed E-state index contributed by atoms with van der Waals surface area (Å²) in [6.45, 7) is 0.516. The predicted octanol–water partition coefficient (Wildman–Crippen LogP) is 0.487. The highest BCUT2D eigenvalue weighted by atomic mass is 16.3. The number of carbonyl (C=O) groups is 3. The van der Waals surface area contributed by atoms with Gasteiger partial charge in [-0.25, -0.2) is 0 Å². The Balaban J connectivity index is 2.01. The number of piperidine rings is 1. The fourth-order valence-corrected chi connectivity index (χ4v) is 2.75. The average Bonchev–Trinajstić information content (AvgIpc) is 2.55. The van der Waals surface area contributed by atoms with Crippen molar-refractivity contribution in [2.75, 3.05) is 18.5 Å². The van der Waals surface area contributed by atoms with Crippen molar-refractivity contribution in [2.24, 2.45) is 5.73 Å². The first kappa shape index (κ1) is 17.0. The zero-order valence-electron chi connectivity index (χ0n) is 12.8. The molecule has 3 amide bonds. The zero-order valence-corrected chi connectivity index (χ0v) is 12.8. The minimum absolute atomic E-state index is 0.00928. The number of likely N-dealkylation sites (tertiary alicyclic amines) is 1. The molecule has 1 unspecified atom stereocenters. The highest BCUT2D eigenvalue weighted by Crippen LogP contribution is 2.20. The number of carbonyl (C=O) groups excluding carboxylic acids is 3. The molecule has 7 nitrogen and oxygen atoms in total. The van der Waals surface area contributed by atoms with Crippen LogP contribution in [0.5, 0.6) is 0 Å². The Morgan fingerprint density at radius 3 is 2.52 bits per heavy atom. The second kappa shape index (κ2) is 7.73. The summed E-state index contributed by atoms with van der Waals surface area (Å²) < 4.78 is 0. The number of rotatable bonds is 4. The Morgan fingerprint density at radius 2 is 1.91 bits per heavy atom. The van der Waals surface area contributed by atoms with Crippen molar-refractivity contribution in [1.82, 2.24) is 4.90 Å². The second-order valence-electron chi connectivity index (χ2n) is 5.56. The molecule has 1 atom stereocenters. The van der Waals surface area contributed by atoms with Crippen molar-refractivity contribution < 1.29 is 19.5 Å². The maximum absolute atomic E-state index is 12.3. The van der Waals surface area contributed by atoms with Gasteiger partial charge in [-0.05, 0) is 49.9 Å². The third-order valence-electron chi connectivity index (χ3n) is 3.97. The van der Waals surface area contributed by atoms with Crippen LogP contribution in [-0.4, -0.2) is 46.9 Å². The highest BCUT2D eigenvalue weighted by Gasteiger charge is 2.30. The van der Waals surface area contributed by atoms with Crippen molar-refractivity contribution in [2.45, 2.75) is 31.7 Å². The van der Waals surface area contributed by atoms with Gasteiger partial charge in [0.05, 0.1) is 0 Å². The molecule has 7 heteroatoms. The van der Waals surface area contributed by atoms with E-state index in [-0.39, 0.29) is 12.6 Å². The number of hydrogen-bond donors (Lipinski definition) is 3. The molecule has 1 aliphatic heterocycles. The van der Waals surface area contributed by atoms with Gasteiger partial charge in [0.1, 0.15) is 0 Å². The molecule has 1 saturated heterocycles. The fraction of sp³-hybridized carbons (Fsp3) is 0.438. The summed E-state index contributed by atoms with van der Waals surface area (Å²) in [4.78, 5) is 37.0. The highest BCUT2D eigenvalue weighted by molar-refractivity contribution is 6.39. The third-order valence-corrected chi connectivity index (χ3v) is 3.97. The first-order chi connectivity index (χ1) is 11.0. The number of nitrogens with zero attached hydrogens (tertiary/aromatic N) is 1. The third kappa shape index (κ3) is 4.29. The van der Waals surface area contributed by atoms with E-state index in [1.165, 1.54) is 29.2 Å². The molecule has 0 aliphatic carbocycles. The maximum Gasteiger partial charge on any atom is 0.313 e. The summed E-state index contributed by atoms with van der Waals surface area (Å²) in [5.74, 6) is -1.87. The molecule has 1 heterocycles. The van der Waals surface area contributed by atoms with Crippen LogP contribution in [0.2, 0.25) is 0 Å². The molecule has 1 aromatic carbocycles. The van der Waals surface area contributed by atoms with E-state index in [0.717, 1.165) is 19.3 Å². The Bertz CT molecular complexity index is 583. The lowest BCUT2D eigenvalue weighted by Gasteiger charge is -2.35. The molecule has 0 saturated carbocycles. The fourth-order valence-electron chi connectivity index (χ4n) is 2.75. The van der Waals surface area contributed by atoms with Crippen LogP contribution in [0.15, 0.2) is 24.3 Å². The van der Waals surface area contributed by atoms with E-state index in [9.17, 15) is 14.4 Å². The van der Waals surface area contributed by atoms with Gasteiger partial charge in [0.25, 0.3) is 0 Å².